The number of anilines is 1. The topological polar surface area (TPSA) is 109 Å². The van der Waals surface area contributed by atoms with Gasteiger partial charge in [0.05, 0.1) is 22.8 Å². The summed E-state index contributed by atoms with van der Waals surface area (Å²) in [5, 5.41) is 21.9. The highest BCUT2D eigenvalue weighted by atomic mass is 16.6. The van der Waals surface area contributed by atoms with Crippen molar-refractivity contribution in [1.82, 2.24) is 0 Å². The average Bonchev–Trinajstić information content (AvgIpc) is 2.92. The first-order valence-electron chi connectivity index (χ1n) is 5.15. The quantitative estimate of drug-likeness (QED) is 0.670. The summed E-state index contributed by atoms with van der Waals surface area (Å²) >= 11 is 0. The molecule has 0 aliphatic heterocycles. The number of rotatable bonds is 3. The fourth-order valence-corrected chi connectivity index (χ4v) is 1.45. The van der Waals surface area contributed by atoms with E-state index in [1.807, 2.05) is 0 Å². The molecule has 2 rings (SSSR count). The summed E-state index contributed by atoms with van der Waals surface area (Å²) in [5.74, 6) is -0.559. The molecule has 1 aromatic heterocycles. The molecule has 0 aliphatic carbocycles. The summed E-state index contributed by atoms with van der Waals surface area (Å²) in [5.41, 5.74) is -0.202. The first-order chi connectivity index (χ1) is 9.11. The van der Waals surface area contributed by atoms with Crippen molar-refractivity contribution in [3.63, 3.8) is 0 Å². The van der Waals surface area contributed by atoms with E-state index in [-0.39, 0.29) is 22.7 Å². The molecule has 1 heterocycles. The highest BCUT2D eigenvalue weighted by molar-refractivity contribution is 6.03. The standard InChI is InChI=1S/C12H7N3O4/c13-7-8-3-4-9(10(6-8)15(17)18)14-12(16)11-2-1-5-19-11/h1-6H,(H,14,16). The number of nitrogens with one attached hydrogen (secondary N) is 1. The van der Waals surface area contributed by atoms with Gasteiger partial charge in [0.25, 0.3) is 11.6 Å². The Labute approximate surface area is 107 Å². The maximum absolute atomic E-state index is 11.7. The van der Waals surface area contributed by atoms with E-state index < -0.39 is 10.8 Å². The molecule has 1 amide bonds. The number of carbonyl (C=O) groups is 1. The summed E-state index contributed by atoms with van der Waals surface area (Å²) in [6.07, 6.45) is 1.32. The maximum Gasteiger partial charge on any atom is 0.294 e. The highest BCUT2D eigenvalue weighted by Crippen LogP contribution is 2.25. The molecule has 0 saturated carbocycles. The molecule has 0 aliphatic rings. The van der Waals surface area contributed by atoms with Crippen LogP contribution in [0.25, 0.3) is 0 Å². The van der Waals surface area contributed by atoms with E-state index in [0.29, 0.717) is 0 Å². The van der Waals surface area contributed by atoms with Crippen molar-refractivity contribution in [3.8, 4) is 6.07 Å². The lowest BCUT2D eigenvalue weighted by molar-refractivity contribution is -0.383. The molecule has 0 spiro atoms. The Bertz CT molecular complexity index is 671. The molecule has 0 fully saturated rings. The number of nitriles is 1. The molecule has 19 heavy (non-hydrogen) atoms. The number of nitro groups is 1. The zero-order valence-corrected chi connectivity index (χ0v) is 9.49. The monoisotopic (exact) mass is 257 g/mol. The lowest BCUT2D eigenvalue weighted by atomic mass is 10.2. The van der Waals surface area contributed by atoms with Crippen molar-refractivity contribution in [2.45, 2.75) is 0 Å². The second kappa shape index (κ2) is 5.01. The number of benzene rings is 1. The number of nitrogens with zero attached hydrogens (tertiary/aromatic N) is 2. The van der Waals surface area contributed by atoms with Crippen LogP contribution in [-0.2, 0) is 0 Å². The van der Waals surface area contributed by atoms with E-state index >= 15 is 0 Å². The van der Waals surface area contributed by atoms with Gasteiger partial charge >= 0.3 is 0 Å². The predicted octanol–water partition coefficient (Wildman–Crippen LogP) is 2.31. The zero-order chi connectivity index (χ0) is 13.8. The van der Waals surface area contributed by atoms with E-state index in [1.165, 1.54) is 30.5 Å². The maximum atomic E-state index is 11.7. The third kappa shape index (κ3) is 2.58. The van der Waals surface area contributed by atoms with Gasteiger partial charge < -0.3 is 9.73 Å². The van der Waals surface area contributed by atoms with Crippen LogP contribution in [0.5, 0.6) is 0 Å². The Morgan fingerprint density at radius 3 is 2.79 bits per heavy atom. The van der Waals surface area contributed by atoms with Crippen molar-refractivity contribution in [2.24, 2.45) is 0 Å². The van der Waals surface area contributed by atoms with Crippen LogP contribution in [0.4, 0.5) is 11.4 Å². The molecule has 1 aromatic carbocycles. The molecule has 0 radical (unpaired) electrons. The Hall–Kier alpha value is -3.14. The molecule has 2 aromatic rings. The minimum absolute atomic E-state index is 0.00500. The molecular weight excluding hydrogens is 250 g/mol. The van der Waals surface area contributed by atoms with Crippen LogP contribution in [0.15, 0.2) is 41.0 Å². The number of furan rings is 1. The third-order valence-electron chi connectivity index (χ3n) is 2.32. The van der Waals surface area contributed by atoms with Crippen molar-refractivity contribution in [3.05, 3.63) is 58.0 Å². The number of hydrogen-bond acceptors (Lipinski definition) is 5. The number of carbonyl (C=O) groups excluding carboxylic acids is 1. The van der Waals surface area contributed by atoms with Crippen LogP contribution in [0.3, 0.4) is 0 Å². The second-order valence-corrected chi connectivity index (χ2v) is 3.53. The Balaban J connectivity index is 2.33. The van der Waals surface area contributed by atoms with Gasteiger partial charge in [-0.2, -0.15) is 5.26 Å². The fourth-order valence-electron chi connectivity index (χ4n) is 1.45. The Morgan fingerprint density at radius 2 is 2.21 bits per heavy atom. The lowest BCUT2D eigenvalue weighted by Gasteiger charge is -2.04. The van der Waals surface area contributed by atoms with Gasteiger partial charge in [0.2, 0.25) is 0 Å². The van der Waals surface area contributed by atoms with Gasteiger partial charge in [-0.25, -0.2) is 0 Å². The van der Waals surface area contributed by atoms with Crippen molar-refractivity contribution < 1.29 is 14.1 Å². The Kier molecular flexibility index (Phi) is 3.25. The number of nitro benzene ring substituents is 1. The van der Waals surface area contributed by atoms with Gasteiger partial charge in [-0.1, -0.05) is 0 Å². The molecule has 1 N–H and O–H groups in total. The van der Waals surface area contributed by atoms with E-state index in [9.17, 15) is 14.9 Å². The molecule has 0 atom stereocenters. The zero-order valence-electron chi connectivity index (χ0n) is 9.49. The van der Waals surface area contributed by atoms with Crippen LogP contribution >= 0.6 is 0 Å². The van der Waals surface area contributed by atoms with E-state index in [0.717, 1.165) is 6.07 Å². The summed E-state index contributed by atoms with van der Waals surface area (Å²) in [6.45, 7) is 0. The molecule has 0 saturated heterocycles. The minimum atomic E-state index is -0.668. The fraction of sp³-hybridized carbons (Fsp3) is 0. The summed E-state index contributed by atoms with van der Waals surface area (Å²) < 4.78 is 4.88. The van der Waals surface area contributed by atoms with Crippen molar-refractivity contribution in [1.29, 1.82) is 5.26 Å². The number of hydrogen-bond donors (Lipinski definition) is 1. The third-order valence-corrected chi connectivity index (χ3v) is 2.32. The molecule has 94 valence electrons. The van der Waals surface area contributed by atoms with Crippen LogP contribution in [0.2, 0.25) is 0 Å². The van der Waals surface area contributed by atoms with E-state index in [4.69, 9.17) is 9.68 Å². The van der Waals surface area contributed by atoms with Gasteiger partial charge in [0.1, 0.15) is 5.69 Å². The Morgan fingerprint density at radius 1 is 1.42 bits per heavy atom. The first-order valence-corrected chi connectivity index (χ1v) is 5.15. The second-order valence-electron chi connectivity index (χ2n) is 3.53. The summed E-state index contributed by atoms with van der Waals surface area (Å²) in [6, 6.07) is 8.54. The molecule has 7 nitrogen and oxygen atoms in total. The van der Waals surface area contributed by atoms with Gasteiger partial charge in [-0.3, -0.25) is 14.9 Å². The van der Waals surface area contributed by atoms with Crippen LogP contribution < -0.4 is 5.32 Å². The molecule has 7 heteroatoms. The predicted molar refractivity (Wildman–Crippen MR) is 64.5 cm³/mol. The molecule has 0 bridgehead atoms. The van der Waals surface area contributed by atoms with Crippen LogP contribution in [0, 0.1) is 21.4 Å². The minimum Gasteiger partial charge on any atom is -0.459 e. The van der Waals surface area contributed by atoms with Gasteiger partial charge in [0, 0.05) is 6.07 Å². The average molecular weight is 257 g/mol. The normalized spacial score (nSPS) is 9.63. The van der Waals surface area contributed by atoms with Crippen LogP contribution in [0.1, 0.15) is 16.1 Å². The smallest absolute Gasteiger partial charge is 0.294 e. The van der Waals surface area contributed by atoms with E-state index in [2.05, 4.69) is 5.32 Å². The van der Waals surface area contributed by atoms with Crippen molar-refractivity contribution in [2.75, 3.05) is 5.32 Å². The SMILES string of the molecule is N#Cc1ccc(NC(=O)c2ccco2)c([N+](=O)[O-])c1. The largest absolute Gasteiger partial charge is 0.459 e. The first kappa shape index (κ1) is 12.3. The van der Waals surface area contributed by atoms with Crippen molar-refractivity contribution >= 4 is 17.3 Å². The van der Waals surface area contributed by atoms with Gasteiger partial charge in [-0.15, -0.1) is 0 Å². The molecule has 0 unspecified atom stereocenters. The summed E-state index contributed by atoms with van der Waals surface area (Å²) in [7, 11) is 0. The molecular formula is C12H7N3O4. The lowest BCUT2D eigenvalue weighted by Crippen LogP contribution is -2.12. The van der Waals surface area contributed by atoms with Crippen LogP contribution in [-0.4, -0.2) is 10.8 Å². The highest BCUT2D eigenvalue weighted by Gasteiger charge is 2.18. The van der Waals surface area contributed by atoms with E-state index in [1.54, 1.807) is 6.07 Å². The number of amides is 1. The van der Waals surface area contributed by atoms with Gasteiger partial charge in [-0.05, 0) is 24.3 Å². The summed E-state index contributed by atoms with van der Waals surface area (Å²) in [4.78, 5) is 21.9. The van der Waals surface area contributed by atoms with Gasteiger partial charge in [0.15, 0.2) is 5.76 Å².